The minimum absolute atomic E-state index is 0.102. The van der Waals surface area contributed by atoms with Crippen LogP contribution in [0.5, 0.6) is 0 Å². The molecule has 2 fully saturated rings. The zero-order valence-electron chi connectivity index (χ0n) is 20.9. The number of sulfonamides is 1. The molecule has 8 nitrogen and oxygen atoms in total. The molecule has 0 unspecified atom stereocenters. The van der Waals surface area contributed by atoms with E-state index < -0.39 is 15.6 Å². The third-order valence-electron chi connectivity index (χ3n) is 7.12. The van der Waals surface area contributed by atoms with Gasteiger partial charge in [0.1, 0.15) is 0 Å². The van der Waals surface area contributed by atoms with E-state index in [-0.39, 0.29) is 28.7 Å². The summed E-state index contributed by atoms with van der Waals surface area (Å²) in [7, 11) is -3.67. The number of halogens is 1. The van der Waals surface area contributed by atoms with Crippen molar-refractivity contribution < 1.29 is 18.0 Å². The first kappa shape index (κ1) is 26.6. The van der Waals surface area contributed by atoms with E-state index >= 15 is 0 Å². The molecule has 2 saturated heterocycles. The number of anilines is 2. The van der Waals surface area contributed by atoms with E-state index in [9.17, 15) is 18.0 Å². The van der Waals surface area contributed by atoms with Gasteiger partial charge in [-0.1, -0.05) is 17.7 Å². The highest BCUT2D eigenvalue weighted by Crippen LogP contribution is 2.49. The van der Waals surface area contributed by atoms with Gasteiger partial charge in [-0.3, -0.25) is 14.5 Å². The van der Waals surface area contributed by atoms with Crippen molar-refractivity contribution in [2.45, 2.75) is 50.5 Å². The molecule has 0 bridgehead atoms. The van der Waals surface area contributed by atoms with E-state index in [1.807, 2.05) is 13.8 Å². The third-order valence-corrected chi connectivity index (χ3v) is 9.41. The van der Waals surface area contributed by atoms with Gasteiger partial charge in [0.05, 0.1) is 11.4 Å². The fourth-order valence-corrected chi connectivity index (χ4v) is 7.70. The summed E-state index contributed by atoms with van der Waals surface area (Å²) in [6.45, 7) is 7.63. The van der Waals surface area contributed by atoms with Gasteiger partial charge >= 0.3 is 0 Å². The Hall–Kier alpha value is -2.46. The predicted octanol–water partition coefficient (Wildman–Crippen LogP) is 4.19. The number of nitrogens with zero attached hydrogens (tertiary/aromatic N) is 2. The molecule has 194 valence electrons. The Bertz CT molecular complexity index is 1240. The second-order valence-corrected chi connectivity index (χ2v) is 12.8. The Kier molecular flexibility index (Phi) is 7.48. The lowest BCUT2D eigenvalue weighted by Gasteiger charge is -2.39. The van der Waals surface area contributed by atoms with Crippen molar-refractivity contribution >= 4 is 44.8 Å². The number of amides is 2. The van der Waals surface area contributed by atoms with Crippen molar-refractivity contribution in [3.63, 3.8) is 0 Å². The topological polar surface area (TPSA) is 98.8 Å². The summed E-state index contributed by atoms with van der Waals surface area (Å²) in [5, 5.41) is 6.00. The van der Waals surface area contributed by atoms with E-state index in [1.165, 1.54) is 13.0 Å². The zero-order chi connectivity index (χ0) is 26.1. The van der Waals surface area contributed by atoms with Crippen molar-refractivity contribution in [2.24, 2.45) is 5.41 Å². The summed E-state index contributed by atoms with van der Waals surface area (Å²) in [4.78, 5) is 26.1. The number of carbonyl (C=O) groups excluding carboxylic acids is 2. The highest BCUT2D eigenvalue weighted by atomic mass is 35.5. The largest absolute Gasteiger partial charge is 0.326 e. The number of hydrogen-bond acceptors (Lipinski definition) is 5. The number of nitrogens with one attached hydrogen (secondary N) is 2. The van der Waals surface area contributed by atoms with E-state index in [4.69, 9.17) is 11.6 Å². The van der Waals surface area contributed by atoms with Crippen molar-refractivity contribution in [3.8, 4) is 0 Å². The van der Waals surface area contributed by atoms with Crippen LogP contribution in [0.2, 0.25) is 5.02 Å². The number of likely N-dealkylation sites (tertiary alicyclic amines) is 1. The van der Waals surface area contributed by atoms with Gasteiger partial charge in [0.2, 0.25) is 21.8 Å². The average Bonchev–Trinajstić information content (AvgIpc) is 3.07. The molecule has 2 heterocycles. The molecular formula is C26H33ClN4O4S. The van der Waals surface area contributed by atoms with Crippen molar-refractivity contribution in [2.75, 3.05) is 36.8 Å². The Morgan fingerprint density at radius 1 is 1.00 bits per heavy atom. The van der Waals surface area contributed by atoms with Gasteiger partial charge in [0, 0.05) is 35.4 Å². The van der Waals surface area contributed by atoms with Crippen molar-refractivity contribution in [3.05, 3.63) is 53.6 Å². The van der Waals surface area contributed by atoms with Gasteiger partial charge in [-0.2, -0.15) is 4.31 Å². The second kappa shape index (κ2) is 10.1. The molecule has 2 aromatic rings. The minimum Gasteiger partial charge on any atom is -0.326 e. The molecule has 36 heavy (non-hydrogen) atoms. The maximum absolute atomic E-state index is 13.5. The van der Waals surface area contributed by atoms with Gasteiger partial charge in [-0.05, 0) is 94.1 Å². The zero-order valence-corrected chi connectivity index (χ0v) is 22.5. The van der Waals surface area contributed by atoms with Gasteiger partial charge in [0.15, 0.2) is 0 Å². The Labute approximate surface area is 218 Å². The fraction of sp³-hybridized carbons (Fsp3) is 0.462. The maximum Gasteiger partial charge on any atom is 0.243 e. The van der Waals surface area contributed by atoms with Crippen LogP contribution < -0.4 is 10.6 Å². The summed E-state index contributed by atoms with van der Waals surface area (Å²) in [5.74, 6) is -0.249. The highest BCUT2D eigenvalue weighted by molar-refractivity contribution is 7.89. The third kappa shape index (κ3) is 5.91. The average molecular weight is 533 g/mol. The van der Waals surface area contributed by atoms with Crippen LogP contribution >= 0.6 is 11.6 Å². The summed E-state index contributed by atoms with van der Waals surface area (Å²) in [5.41, 5.74) is 0.723. The Morgan fingerprint density at radius 3 is 2.19 bits per heavy atom. The highest BCUT2D eigenvalue weighted by Gasteiger charge is 2.53. The van der Waals surface area contributed by atoms with Gasteiger partial charge < -0.3 is 10.6 Å². The van der Waals surface area contributed by atoms with Gasteiger partial charge in [-0.15, -0.1) is 0 Å². The molecule has 2 amide bonds. The molecule has 0 aliphatic carbocycles. The van der Waals surface area contributed by atoms with Crippen LogP contribution in [0.1, 0.15) is 40.0 Å². The quantitative estimate of drug-likeness (QED) is 0.581. The van der Waals surface area contributed by atoms with Crippen molar-refractivity contribution in [1.29, 1.82) is 0 Å². The standard InChI is InChI=1S/C26H33ClN4O4S/c1-19(32)28-21-7-9-22(10-8-21)29-24(33)16-30-13-11-26(12-14-30)17-25(2,3)31(18-26)36(34,35)23-6-4-5-20(27)15-23/h4-10,15H,11-14,16-18H2,1-3H3,(H,28,32)(H,29,33). The minimum atomic E-state index is -3.67. The lowest BCUT2D eigenvalue weighted by atomic mass is 9.74. The van der Waals surface area contributed by atoms with E-state index in [0.717, 1.165) is 32.4 Å². The number of benzene rings is 2. The molecule has 0 aromatic heterocycles. The number of rotatable bonds is 6. The maximum atomic E-state index is 13.5. The van der Waals surface area contributed by atoms with Crippen LogP contribution in [0.25, 0.3) is 0 Å². The van der Waals surface area contributed by atoms with E-state index in [2.05, 4.69) is 15.5 Å². The molecule has 4 rings (SSSR count). The molecule has 2 aliphatic rings. The molecule has 10 heteroatoms. The van der Waals surface area contributed by atoms with Crippen LogP contribution in [0.4, 0.5) is 11.4 Å². The first-order chi connectivity index (χ1) is 16.9. The molecule has 1 spiro atoms. The summed E-state index contributed by atoms with van der Waals surface area (Å²) in [6.07, 6.45) is 2.44. The lowest BCUT2D eigenvalue weighted by Crippen LogP contribution is -2.45. The van der Waals surface area contributed by atoms with Crippen molar-refractivity contribution in [1.82, 2.24) is 9.21 Å². The number of piperidine rings is 1. The molecule has 2 aromatic carbocycles. The van der Waals surface area contributed by atoms with Crippen LogP contribution in [0, 0.1) is 5.41 Å². The Morgan fingerprint density at radius 2 is 1.61 bits per heavy atom. The first-order valence-corrected chi connectivity index (χ1v) is 13.9. The van der Waals surface area contributed by atoms with Gasteiger partial charge in [-0.25, -0.2) is 8.42 Å². The Balaban J connectivity index is 1.34. The normalized spacial score (nSPS) is 19.8. The van der Waals surface area contributed by atoms with Gasteiger partial charge in [0.25, 0.3) is 0 Å². The summed E-state index contributed by atoms with van der Waals surface area (Å²) < 4.78 is 28.6. The molecule has 0 saturated carbocycles. The number of hydrogen-bond donors (Lipinski definition) is 2. The fourth-order valence-electron chi connectivity index (χ4n) is 5.51. The summed E-state index contributed by atoms with van der Waals surface area (Å²) >= 11 is 6.07. The van der Waals surface area contributed by atoms with Crippen LogP contribution in [0.3, 0.4) is 0 Å². The number of carbonyl (C=O) groups is 2. The van der Waals surface area contributed by atoms with Crippen LogP contribution in [0.15, 0.2) is 53.4 Å². The smallest absolute Gasteiger partial charge is 0.243 e. The predicted molar refractivity (Wildman–Crippen MR) is 142 cm³/mol. The second-order valence-electron chi connectivity index (χ2n) is 10.5. The molecule has 2 aliphatic heterocycles. The SMILES string of the molecule is CC(=O)Nc1ccc(NC(=O)CN2CCC3(CC2)CN(S(=O)(=O)c2cccc(Cl)c2)C(C)(C)C3)cc1. The molecule has 0 atom stereocenters. The molecular weight excluding hydrogens is 500 g/mol. The summed E-state index contributed by atoms with van der Waals surface area (Å²) in [6, 6.07) is 13.4. The van der Waals surface area contributed by atoms with Crippen LogP contribution in [-0.2, 0) is 19.6 Å². The first-order valence-electron chi connectivity index (χ1n) is 12.1. The van der Waals surface area contributed by atoms with E-state index in [1.54, 1.807) is 46.8 Å². The monoisotopic (exact) mass is 532 g/mol. The molecule has 2 N–H and O–H groups in total. The van der Waals surface area contributed by atoms with Crippen LogP contribution in [-0.4, -0.2) is 61.2 Å². The molecule has 0 radical (unpaired) electrons. The van der Waals surface area contributed by atoms with E-state index in [0.29, 0.717) is 22.9 Å². The lowest BCUT2D eigenvalue weighted by molar-refractivity contribution is -0.118.